The van der Waals surface area contributed by atoms with Crippen LogP contribution < -0.4 is 10.6 Å². The summed E-state index contributed by atoms with van der Waals surface area (Å²) in [7, 11) is -0.0158. The van der Waals surface area contributed by atoms with Crippen molar-refractivity contribution >= 4 is 16.0 Å². The smallest absolute Gasteiger partial charge is 0.218 e. The Hall–Kier alpha value is -1.68. The second kappa shape index (κ2) is 10.6. The summed E-state index contributed by atoms with van der Waals surface area (Å²) in [5.74, 6) is 0.627. The molecule has 0 spiro atoms. The van der Waals surface area contributed by atoms with Gasteiger partial charge in [0.05, 0.1) is 25.6 Å². The first kappa shape index (κ1) is 21.6. The maximum atomic E-state index is 12.7. The fourth-order valence-electron chi connectivity index (χ4n) is 2.88. The van der Waals surface area contributed by atoms with Crippen molar-refractivity contribution in [3.63, 3.8) is 0 Å². The molecular formula is C18H30N4O4S. The van der Waals surface area contributed by atoms with E-state index in [2.05, 4.69) is 15.6 Å². The fourth-order valence-corrected chi connectivity index (χ4v) is 4.44. The zero-order valence-electron chi connectivity index (χ0n) is 16.3. The minimum Gasteiger partial charge on any atom is -0.383 e. The standard InChI is InChI=1S/C18H30N4O4S/c1-15(13-25-3)21-18(19-2)20-12-16-6-4-5-7-17(16)14-27(23,24)22-8-10-26-11-9-22/h4-7,15H,8-14H2,1-3H3,(H2,19,20,21). The SMILES string of the molecule is CN=C(NCc1ccccc1CS(=O)(=O)N1CCOCC1)NC(C)COC. The average molecular weight is 399 g/mol. The van der Waals surface area contributed by atoms with E-state index in [1.165, 1.54) is 4.31 Å². The summed E-state index contributed by atoms with van der Waals surface area (Å²) in [6.07, 6.45) is 0. The molecule has 1 aromatic carbocycles. The number of benzene rings is 1. The van der Waals surface area contributed by atoms with Crippen molar-refractivity contribution in [3.8, 4) is 0 Å². The Morgan fingerprint density at radius 2 is 1.96 bits per heavy atom. The Labute approximate surface area is 162 Å². The van der Waals surface area contributed by atoms with Gasteiger partial charge in [-0.2, -0.15) is 4.31 Å². The van der Waals surface area contributed by atoms with Crippen LogP contribution in [0.2, 0.25) is 0 Å². The molecule has 1 aromatic rings. The van der Waals surface area contributed by atoms with E-state index in [9.17, 15) is 8.42 Å². The van der Waals surface area contributed by atoms with Gasteiger partial charge >= 0.3 is 0 Å². The van der Waals surface area contributed by atoms with Gasteiger partial charge in [-0.25, -0.2) is 8.42 Å². The van der Waals surface area contributed by atoms with Gasteiger partial charge < -0.3 is 20.1 Å². The average Bonchev–Trinajstić information content (AvgIpc) is 2.67. The van der Waals surface area contributed by atoms with Crippen LogP contribution in [0.15, 0.2) is 29.3 Å². The van der Waals surface area contributed by atoms with Crippen LogP contribution in [0, 0.1) is 0 Å². The second-order valence-electron chi connectivity index (χ2n) is 6.46. The summed E-state index contributed by atoms with van der Waals surface area (Å²) in [5, 5.41) is 6.47. The van der Waals surface area contributed by atoms with E-state index in [1.54, 1.807) is 14.2 Å². The molecule has 152 valence electrons. The number of morpholine rings is 1. The van der Waals surface area contributed by atoms with Crippen LogP contribution >= 0.6 is 0 Å². The Kier molecular flexibility index (Phi) is 8.49. The minimum atomic E-state index is -3.37. The largest absolute Gasteiger partial charge is 0.383 e. The van der Waals surface area contributed by atoms with Crippen molar-refractivity contribution in [2.75, 3.05) is 47.1 Å². The van der Waals surface area contributed by atoms with Gasteiger partial charge in [-0.05, 0) is 18.1 Å². The van der Waals surface area contributed by atoms with Crippen LogP contribution in [-0.2, 0) is 31.8 Å². The molecule has 0 radical (unpaired) electrons. The van der Waals surface area contributed by atoms with Crippen LogP contribution in [-0.4, -0.2) is 71.8 Å². The summed E-state index contributed by atoms with van der Waals surface area (Å²) in [6, 6.07) is 7.67. The highest BCUT2D eigenvalue weighted by atomic mass is 32.2. The van der Waals surface area contributed by atoms with Crippen molar-refractivity contribution in [2.24, 2.45) is 4.99 Å². The number of methoxy groups -OCH3 is 1. The number of sulfonamides is 1. The van der Waals surface area contributed by atoms with Crippen molar-refractivity contribution in [1.82, 2.24) is 14.9 Å². The van der Waals surface area contributed by atoms with E-state index < -0.39 is 10.0 Å². The summed E-state index contributed by atoms with van der Waals surface area (Å²) >= 11 is 0. The highest BCUT2D eigenvalue weighted by Crippen LogP contribution is 2.16. The van der Waals surface area contributed by atoms with Crippen LogP contribution in [0.5, 0.6) is 0 Å². The topological polar surface area (TPSA) is 92.3 Å². The van der Waals surface area contributed by atoms with E-state index in [4.69, 9.17) is 9.47 Å². The Morgan fingerprint density at radius 3 is 2.59 bits per heavy atom. The molecule has 1 saturated heterocycles. The van der Waals surface area contributed by atoms with E-state index in [1.807, 2.05) is 31.2 Å². The zero-order valence-corrected chi connectivity index (χ0v) is 17.1. The van der Waals surface area contributed by atoms with Crippen LogP contribution in [0.1, 0.15) is 18.1 Å². The van der Waals surface area contributed by atoms with Gasteiger partial charge in [-0.3, -0.25) is 4.99 Å². The lowest BCUT2D eigenvalue weighted by atomic mass is 10.1. The van der Waals surface area contributed by atoms with E-state index in [0.29, 0.717) is 45.4 Å². The molecule has 2 rings (SSSR count). The Balaban J connectivity index is 2.02. The third-order valence-electron chi connectivity index (χ3n) is 4.29. The van der Waals surface area contributed by atoms with Gasteiger partial charge in [0.25, 0.3) is 0 Å². The molecular weight excluding hydrogens is 368 g/mol. The monoisotopic (exact) mass is 398 g/mol. The van der Waals surface area contributed by atoms with Gasteiger partial charge in [0.2, 0.25) is 10.0 Å². The molecule has 0 saturated carbocycles. The first-order valence-corrected chi connectivity index (χ1v) is 10.7. The van der Waals surface area contributed by atoms with E-state index in [0.717, 1.165) is 11.1 Å². The van der Waals surface area contributed by atoms with E-state index in [-0.39, 0.29) is 11.8 Å². The molecule has 1 unspecified atom stereocenters. The molecule has 1 aliphatic heterocycles. The third-order valence-corrected chi connectivity index (χ3v) is 6.12. The number of nitrogens with zero attached hydrogens (tertiary/aromatic N) is 2. The van der Waals surface area contributed by atoms with Crippen molar-refractivity contribution in [2.45, 2.75) is 25.3 Å². The number of guanidine groups is 1. The number of nitrogens with one attached hydrogen (secondary N) is 2. The molecule has 1 atom stereocenters. The minimum absolute atomic E-state index is 0.0169. The highest BCUT2D eigenvalue weighted by Gasteiger charge is 2.25. The first-order chi connectivity index (χ1) is 13.0. The predicted octanol–water partition coefficient (Wildman–Crippen LogP) is 0.549. The quantitative estimate of drug-likeness (QED) is 0.491. The number of ether oxygens (including phenoxy) is 2. The summed E-state index contributed by atoms with van der Waals surface area (Å²) in [6.45, 7) is 4.77. The number of hydrogen-bond donors (Lipinski definition) is 2. The summed E-state index contributed by atoms with van der Waals surface area (Å²) in [5.41, 5.74) is 1.72. The Morgan fingerprint density at radius 1 is 1.30 bits per heavy atom. The summed E-state index contributed by atoms with van der Waals surface area (Å²) < 4.78 is 37.3. The van der Waals surface area contributed by atoms with Crippen molar-refractivity contribution in [1.29, 1.82) is 0 Å². The predicted molar refractivity (Wildman–Crippen MR) is 106 cm³/mol. The molecule has 0 amide bonds. The maximum absolute atomic E-state index is 12.7. The molecule has 0 aromatic heterocycles. The number of rotatable bonds is 8. The molecule has 0 bridgehead atoms. The molecule has 1 heterocycles. The van der Waals surface area contributed by atoms with Gasteiger partial charge in [-0.1, -0.05) is 24.3 Å². The molecule has 1 fully saturated rings. The second-order valence-corrected chi connectivity index (χ2v) is 8.43. The molecule has 9 heteroatoms. The molecule has 1 aliphatic rings. The lowest BCUT2D eigenvalue weighted by Crippen LogP contribution is -2.43. The van der Waals surface area contributed by atoms with Crippen LogP contribution in [0.25, 0.3) is 0 Å². The fraction of sp³-hybridized carbons (Fsp3) is 0.611. The van der Waals surface area contributed by atoms with Gasteiger partial charge in [-0.15, -0.1) is 0 Å². The van der Waals surface area contributed by atoms with Crippen molar-refractivity contribution in [3.05, 3.63) is 35.4 Å². The lowest BCUT2D eigenvalue weighted by molar-refractivity contribution is 0.0729. The van der Waals surface area contributed by atoms with Gasteiger partial charge in [0, 0.05) is 39.8 Å². The lowest BCUT2D eigenvalue weighted by Gasteiger charge is -2.26. The van der Waals surface area contributed by atoms with Crippen LogP contribution in [0.4, 0.5) is 0 Å². The Bertz CT molecular complexity index is 718. The molecule has 0 aliphatic carbocycles. The van der Waals surface area contributed by atoms with Gasteiger partial charge in [0.15, 0.2) is 5.96 Å². The van der Waals surface area contributed by atoms with Crippen LogP contribution in [0.3, 0.4) is 0 Å². The number of aliphatic imine (C=N–C) groups is 1. The third kappa shape index (κ3) is 6.76. The maximum Gasteiger partial charge on any atom is 0.218 e. The van der Waals surface area contributed by atoms with Crippen molar-refractivity contribution < 1.29 is 17.9 Å². The van der Waals surface area contributed by atoms with Gasteiger partial charge in [0.1, 0.15) is 0 Å². The highest BCUT2D eigenvalue weighted by molar-refractivity contribution is 7.88. The normalized spacial score (nSPS) is 17.5. The van der Waals surface area contributed by atoms with E-state index >= 15 is 0 Å². The number of hydrogen-bond acceptors (Lipinski definition) is 5. The molecule has 8 nitrogen and oxygen atoms in total. The molecule has 27 heavy (non-hydrogen) atoms. The molecule has 2 N–H and O–H groups in total. The summed E-state index contributed by atoms with van der Waals surface area (Å²) in [4.78, 5) is 4.20. The first-order valence-electron chi connectivity index (χ1n) is 9.04. The zero-order chi connectivity index (χ0) is 19.7.